The van der Waals surface area contributed by atoms with Crippen LogP contribution in [0.25, 0.3) is 0 Å². The summed E-state index contributed by atoms with van der Waals surface area (Å²) in [6, 6.07) is 0. The molecule has 0 fully saturated rings. The van der Waals surface area contributed by atoms with Crippen LogP contribution in [0.1, 0.15) is 135 Å². The summed E-state index contributed by atoms with van der Waals surface area (Å²) in [4.78, 5) is 11.0. The Morgan fingerprint density at radius 1 is 0.571 bits per heavy atom. The smallest absolute Gasteiger partial charge is 0.267 e. The monoisotopic (exact) mass is 419 g/mol. The second kappa shape index (κ2) is 21.8. The minimum Gasteiger partial charge on any atom is -0.756 e. The van der Waals surface area contributed by atoms with Crippen molar-refractivity contribution in [1.82, 2.24) is 0 Å². The highest BCUT2D eigenvalue weighted by Crippen LogP contribution is 2.36. The van der Waals surface area contributed by atoms with Gasteiger partial charge in [-0.15, -0.1) is 0 Å². The van der Waals surface area contributed by atoms with Gasteiger partial charge in [0.25, 0.3) is 7.82 Å². The van der Waals surface area contributed by atoms with E-state index < -0.39 is 7.82 Å². The minimum absolute atomic E-state index is 0.244. The fourth-order valence-corrected chi connectivity index (χ4v) is 4.04. The third-order valence-corrected chi connectivity index (χ3v) is 6.42. The molecular weight excluding hydrogens is 371 g/mol. The quantitative estimate of drug-likeness (QED) is 0.125. The van der Waals surface area contributed by atoms with Crippen molar-refractivity contribution in [3.63, 3.8) is 0 Å². The van der Waals surface area contributed by atoms with Gasteiger partial charge in [0.05, 0.1) is 6.61 Å². The van der Waals surface area contributed by atoms with E-state index in [9.17, 15) is 9.46 Å². The second-order valence-corrected chi connectivity index (χ2v) is 9.70. The molecule has 5 heteroatoms. The van der Waals surface area contributed by atoms with Crippen molar-refractivity contribution in [3.05, 3.63) is 0 Å². The fourth-order valence-electron chi connectivity index (χ4n) is 3.59. The van der Waals surface area contributed by atoms with Crippen LogP contribution in [0.15, 0.2) is 0 Å². The lowest BCUT2D eigenvalue weighted by atomic mass is 10.0. The molecule has 0 amide bonds. The van der Waals surface area contributed by atoms with Gasteiger partial charge in [-0.25, -0.2) is 0 Å². The van der Waals surface area contributed by atoms with Crippen molar-refractivity contribution in [2.24, 2.45) is 0 Å². The summed E-state index contributed by atoms with van der Waals surface area (Å²) in [6.45, 7) is 2.52. The number of phosphoric ester groups is 1. The van der Waals surface area contributed by atoms with E-state index in [4.69, 9.17) is 4.52 Å². The van der Waals surface area contributed by atoms with Crippen LogP contribution in [-0.4, -0.2) is 13.7 Å². The van der Waals surface area contributed by atoms with E-state index >= 15 is 0 Å². The lowest BCUT2D eigenvalue weighted by Gasteiger charge is -2.19. The zero-order chi connectivity index (χ0) is 20.8. The molecule has 0 saturated carbocycles. The lowest BCUT2D eigenvalue weighted by Crippen LogP contribution is -2.06. The Balaban J connectivity index is 3.06. The van der Waals surface area contributed by atoms with E-state index in [0.29, 0.717) is 0 Å². The van der Waals surface area contributed by atoms with Gasteiger partial charge in [-0.2, -0.15) is 0 Å². The molecule has 1 unspecified atom stereocenters. The Kier molecular flexibility index (Phi) is 21.9. The van der Waals surface area contributed by atoms with E-state index in [0.717, 1.165) is 26.4 Å². The van der Waals surface area contributed by atoms with Crippen LogP contribution >= 0.6 is 7.82 Å². The Morgan fingerprint density at radius 3 is 1.14 bits per heavy atom. The summed E-state index contributed by atoms with van der Waals surface area (Å²) in [7, 11) is -2.89. The molecule has 1 atom stereocenters. The molecule has 0 heterocycles. The van der Waals surface area contributed by atoms with Crippen molar-refractivity contribution in [3.8, 4) is 0 Å². The molecule has 0 aliphatic heterocycles. The van der Waals surface area contributed by atoms with Gasteiger partial charge in [0.2, 0.25) is 0 Å². The van der Waals surface area contributed by atoms with E-state index in [1.54, 1.807) is 0 Å². The van der Waals surface area contributed by atoms with E-state index in [1.807, 2.05) is 0 Å². The Hall–Kier alpha value is 0.110. The van der Waals surface area contributed by atoms with Crippen molar-refractivity contribution in [1.29, 1.82) is 0 Å². The molecule has 0 N–H and O–H groups in total. The maximum absolute atomic E-state index is 11.0. The molecule has 4 nitrogen and oxygen atoms in total. The molecule has 28 heavy (non-hydrogen) atoms. The van der Waals surface area contributed by atoms with Crippen LogP contribution in [0, 0.1) is 0 Å². The lowest BCUT2D eigenvalue weighted by molar-refractivity contribution is -0.223. The van der Waals surface area contributed by atoms with Gasteiger partial charge >= 0.3 is 0 Å². The first-order valence-corrected chi connectivity index (χ1v) is 13.6. The first-order chi connectivity index (χ1) is 13.6. The summed E-state index contributed by atoms with van der Waals surface area (Å²) in [5.41, 5.74) is 0. The average molecular weight is 420 g/mol. The first-order valence-electron chi connectivity index (χ1n) is 12.1. The molecular formula is C23H48O4P-. The molecule has 0 aromatic carbocycles. The van der Waals surface area contributed by atoms with Crippen LogP contribution in [0.3, 0.4) is 0 Å². The minimum atomic E-state index is -4.02. The summed E-state index contributed by atoms with van der Waals surface area (Å²) in [5.74, 6) is 0. The zero-order valence-corrected chi connectivity index (χ0v) is 19.8. The number of hydrogen-bond acceptors (Lipinski definition) is 4. The molecule has 0 spiro atoms. The van der Waals surface area contributed by atoms with Gasteiger partial charge in [0.1, 0.15) is 0 Å². The highest BCUT2D eigenvalue weighted by Gasteiger charge is 2.04. The molecule has 0 aliphatic carbocycles. The molecule has 0 aromatic rings. The highest BCUT2D eigenvalue weighted by molar-refractivity contribution is 7.45. The Bertz CT molecular complexity index is 349. The van der Waals surface area contributed by atoms with Gasteiger partial charge < -0.3 is 13.9 Å². The number of rotatable bonds is 23. The Morgan fingerprint density at radius 2 is 0.857 bits per heavy atom. The molecule has 0 saturated heterocycles. The van der Waals surface area contributed by atoms with E-state index in [2.05, 4.69) is 11.4 Å². The predicted octanol–water partition coefficient (Wildman–Crippen LogP) is 7.94. The van der Waals surface area contributed by atoms with Gasteiger partial charge in [-0.1, -0.05) is 129 Å². The summed E-state index contributed by atoms with van der Waals surface area (Å²) < 4.78 is 19.9. The fraction of sp³-hybridized carbons (Fsp3) is 1.00. The highest BCUT2D eigenvalue weighted by atomic mass is 31.2. The maximum Gasteiger partial charge on any atom is 0.267 e. The maximum atomic E-state index is 11.0. The van der Waals surface area contributed by atoms with Gasteiger partial charge in [0.15, 0.2) is 0 Å². The standard InChI is InChI=1S/C23H49O4P/c1-3-4-5-6-7-8-9-10-11-12-13-14-15-16-17-18-19-20-21-22-23-27-28(24,25)26-2/h3-23H2,1-2H3,(H,24,25)/p-1. The SMILES string of the molecule is CCCCCCCCCCCCCCCCCCCCCCOP(=O)([O-])OC. The molecule has 0 aromatic heterocycles. The van der Waals surface area contributed by atoms with Crippen LogP contribution < -0.4 is 4.89 Å². The van der Waals surface area contributed by atoms with Crippen LogP contribution in [0.5, 0.6) is 0 Å². The molecule has 170 valence electrons. The largest absolute Gasteiger partial charge is 0.756 e. The summed E-state index contributed by atoms with van der Waals surface area (Å²) in [6.07, 6.45) is 26.7. The van der Waals surface area contributed by atoms with Crippen LogP contribution in [0.4, 0.5) is 0 Å². The van der Waals surface area contributed by atoms with Crippen molar-refractivity contribution in [2.45, 2.75) is 135 Å². The number of unbranched alkanes of at least 4 members (excludes halogenated alkanes) is 19. The Labute approximate surface area is 175 Å². The van der Waals surface area contributed by atoms with Gasteiger partial charge in [0, 0.05) is 7.11 Å². The zero-order valence-electron chi connectivity index (χ0n) is 18.9. The third-order valence-electron chi connectivity index (χ3n) is 5.47. The summed E-state index contributed by atoms with van der Waals surface area (Å²) in [5, 5.41) is 0. The van der Waals surface area contributed by atoms with Crippen molar-refractivity contribution in [2.75, 3.05) is 13.7 Å². The third kappa shape index (κ3) is 22.4. The van der Waals surface area contributed by atoms with Crippen LogP contribution in [-0.2, 0) is 13.6 Å². The van der Waals surface area contributed by atoms with Gasteiger partial charge in [-0.05, 0) is 6.42 Å². The van der Waals surface area contributed by atoms with Crippen molar-refractivity contribution >= 4 is 7.82 Å². The normalized spacial score (nSPS) is 13.7. The van der Waals surface area contributed by atoms with E-state index in [-0.39, 0.29) is 6.61 Å². The van der Waals surface area contributed by atoms with Crippen molar-refractivity contribution < 1.29 is 18.5 Å². The summed E-state index contributed by atoms with van der Waals surface area (Å²) >= 11 is 0. The topological polar surface area (TPSA) is 58.6 Å². The molecule has 0 rings (SSSR count). The van der Waals surface area contributed by atoms with Gasteiger partial charge in [-0.3, -0.25) is 4.57 Å². The molecule has 0 radical (unpaired) electrons. The molecule has 0 aliphatic rings. The van der Waals surface area contributed by atoms with E-state index in [1.165, 1.54) is 109 Å². The number of hydrogen-bond donors (Lipinski definition) is 0. The van der Waals surface area contributed by atoms with Crippen LogP contribution in [0.2, 0.25) is 0 Å². The second-order valence-electron chi connectivity index (χ2n) is 8.18. The average Bonchev–Trinajstić information content (AvgIpc) is 2.69. The first kappa shape index (κ1) is 28.1. The number of phosphoric acid groups is 1. The predicted molar refractivity (Wildman–Crippen MR) is 119 cm³/mol. The molecule has 0 bridgehead atoms.